The van der Waals surface area contributed by atoms with Gasteiger partial charge in [0.25, 0.3) is 0 Å². The summed E-state index contributed by atoms with van der Waals surface area (Å²) >= 11 is 0. The van der Waals surface area contributed by atoms with Crippen LogP contribution in [0.1, 0.15) is 48.7 Å². The Morgan fingerprint density at radius 1 is 1.29 bits per heavy atom. The van der Waals surface area contributed by atoms with Crippen LogP contribution in [0, 0.1) is 0 Å². The first-order chi connectivity index (χ1) is 10.1. The van der Waals surface area contributed by atoms with Crippen LogP contribution in [0.3, 0.4) is 0 Å². The molecule has 3 heteroatoms. The molecule has 1 unspecified atom stereocenters. The monoisotopic (exact) mass is 283 g/mol. The second-order valence-electron chi connectivity index (χ2n) is 6.30. The van der Waals surface area contributed by atoms with Crippen molar-refractivity contribution in [3.8, 4) is 0 Å². The van der Waals surface area contributed by atoms with Crippen LogP contribution in [-0.4, -0.2) is 9.78 Å². The first-order valence-corrected chi connectivity index (χ1v) is 8.01. The fourth-order valence-electron chi connectivity index (χ4n) is 3.53. The van der Waals surface area contributed by atoms with Gasteiger partial charge in [0.1, 0.15) is 0 Å². The molecule has 1 aliphatic carbocycles. The van der Waals surface area contributed by atoms with Crippen molar-refractivity contribution < 1.29 is 0 Å². The van der Waals surface area contributed by atoms with Crippen molar-refractivity contribution in [2.24, 2.45) is 12.8 Å². The van der Waals surface area contributed by atoms with Gasteiger partial charge in [-0.15, -0.1) is 0 Å². The molecule has 0 amide bonds. The minimum atomic E-state index is -0.258. The van der Waals surface area contributed by atoms with E-state index in [0.29, 0.717) is 0 Å². The van der Waals surface area contributed by atoms with Gasteiger partial charge in [0.15, 0.2) is 0 Å². The van der Waals surface area contributed by atoms with E-state index in [1.165, 1.54) is 29.7 Å². The summed E-state index contributed by atoms with van der Waals surface area (Å²) in [6, 6.07) is 10.9. The Hall–Kier alpha value is -1.61. The molecule has 21 heavy (non-hydrogen) atoms. The number of nitrogens with zero attached hydrogens (tertiary/aromatic N) is 2. The van der Waals surface area contributed by atoms with Gasteiger partial charge >= 0.3 is 0 Å². The lowest BCUT2D eigenvalue weighted by Crippen LogP contribution is -2.39. The SMILES string of the molecule is CCc1cc(CC2(N)CCCCc3ccccc32)n(C)n1. The Labute approximate surface area is 127 Å². The molecule has 0 fully saturated rings. The highest BCUT2D eigenvalue weighted by Gasteiger charge is 2.32. The number of hydrogen-bond donors (Lipinski definition) is 1. The van der Waals surface area contributed by atoms with Gasteiger partial charge in [-0.25, -0.2) is 0 Å². The minimum absolute atomic E-state index is 0.258. The van der Waals surface area contributed by atoms with Gasteiger partial charge in [-0.3, -0.25) is 4.68 Å². The molecule has 2 aromatic rings. The van der Waals surface area contributed by atoms with Crippen molar-refractivity contribution in [1.82, 2.24) is 9.78 Å². The standard InChI is InChI=1S/C18H25N3/c1-3-15-12-16(21(2)20-15)13-18(19)11-7-6-9-14-8-4-5-10-17(14)18/h4-5,8,10,12H,3,6-7,9,11,13,19H2,1-2H3. The van der Waals surface area contributed by atoms with E-state index in [0.717, 1.165) is 31.4 Å². The smallest absolute Gasteiger partial charge is 0.0624 e. The lowest BCUT2D eigenvalue weighted by molar-refractivity contribution is 0.388. The Kier molecular flexibility index (Phi) is 3.85. The van der Waals surface area contributed by atoms with E-state index in [4.69, 9.17) is 5.73 Å². The van der Waals surface area contributed by atoms with Crippen LogP contribution in [-0.2, 0) is 31.8 Å². The molecule has 0 saturated carbocycles. The van der Waals surface area contributed by atoms with Crippen LogP contribution < -0.4 is 5.73 Å². The highest BCUT2D eigenvalue weighted by molar-refractivity contribution is 5.36. The fourth-order valence-corrected chi connectivity index (χ4v) is 3.53. The van der Waals surface area contributed by atoms with Gasteiger partial charge < -0.3 is 5.73 Å². The number of benzene rings is 1. The van der Waals surface area contributed by atoms with Gasteiger partial charge in [-0.2, -0.15) is 5.10 Å². The predicted octanol–water partition coefficient (Wildman–Crippen LogP) is 3.11. The van der Waals surface area contributed by atoms with Gasteiger partial charge in [-0.1, -0.05) is 37.6 Å². The van der Waals surface area contributed by atoms with E-state index < -0.39 is 0 Å². The summed E-state index contributed by atoms with van der Waals surface area (Å²) in [7, 11) is 2.03. The third-order valence-corrected chi connectivity index (χ3v) is 4.76. The summed E-state index contributed by atoms with van der Waals surface area (Å²) in [5, 5.41) is 4.57. The number of aromatic nitrogens is 2. The fraction of sp³-hybridized carbons (Fsp3) is 0.500. The van der Waals surface area contributed by atoms with Crippen LogP contribution in [0.4, 0.5) is 0 Å². The van der Waals surface area contributed by atoms with Gasteiger partial charge in [0.2, 0.25) is 0 Å². The number of fused-ring (bicyclic) bond motifs is 1. The van der Waals surface area contributed by atoms with Crippen LogP contribution in [0.25, 0.3) is 0 Å². The van der Waals surface area contributed by atoms with E-state index in [2.05, 4.69) is 42.4 Å². The maximum atomic E-state index is 6.88. The molecule has 0 saturated heterocycles. The molecule has 2 N–H and O–H groups in total. The molecule has 3 rings (SSSR count). The molecule has 3 nitrogen and oxygen atoms in total. The molecule has 1 aromatic heterocycles. The van der Waals surface area contributed by atoms with Crippen LogP contribution in [0.5, 0.6) is 0 Å². The third-order valence-electron chi connectivity index (χ3n) is 4.76. The van der Waals surface area contributed by atoms with Crippen LogP contribution in [0.15, 0.2) is 30.3 Å². The molecule has 0 bridgehead atoms. The summed E-state index contributed by atoms with van der Waals surface area (Å²) in [5.74, 6) is 0. The molecule has 0 radical (unpaired) electrons. The zero-order chi connectivity index (χ0) is 14.9. The number of rotatable bonds is 3. The molecular formula is C18H25N3. The highest BCUT2D eigenvalue weighted by atomic mass is 15.3. The lowest BCUT2D eigenvalue weighted by atomic mass is 9.81. The molecule has 0 aliphatic heterocycles. The Morgan fingerprint density at radius 3 is 2.86 bits per heavy atom. The van der Waals surface area contributed by atoms with Crippen LogP contribution in [0.2, 0.25) is 0 Å². The molecule has 112 valence electrons. The number of aryl methyl sites for hydroxylation is 3. The van der Waals surface area contributed by atoms with Crippen molar-refractivity contribution in [1.29, 1.82) is 0 Å². The van der Waals surface area contributed by atoms with Gasteiger partial charge in [0.05, 0.1) is 5.69 Å². The predicted molar refractivity (Wildman–Crippen MR) is 86.2 cm³/mol. The Morgan fingerprint density at radius 2 is 2.10 bits per heavy atom. The zero-order valence-corrected chi connectivity index (χ0v) is 13.1. The topological polar surface area (TPSA) is 43.8 Å². The van der Waals surface area contributed by atoms with Gasteiger partial charge in [-0.05, 0) is 42.9 Å². The second kappa shape index (κ2) is 5.64. The first kappa shape index (κ1) is 14.3. The molecule has 0 spiro atoms. The summed E-state index contributed by atoms with van der Waals surface area (Å²) in [6.07, 6.45) is 6.48. The zero-order valence-electron chi connectivity index (χ0n) is 13.1. The molecule has 1 aliphatic rings. The summed E-state index contributed by atoms with van der Waals surface area (Å²) in [6.45, 7) is 2.14. The summed E-state index contributed by atoms with van der Waals surface area (Å²) in [4.78, 5) is 0. The van der Waals surface area contributed by atoms with Crippen molar-refractivity contribution >= 4 is 0 Å². The van der Waals surface area contributed by atoms with E-state index in [1.54, 1.807) is 0 Å². The van der Waals surface area contributed by atoms with E-state index in [9.17, 15) is 0 Å². The second-order valence-corrected chi connectivity index (χ2v) is 6.30. The first-order valence-electron chi connectivity index (χ1n) is 8.01. The average molecular weight is 283 g/mol. The molecule has 1 aromatic carbocycles. The number of hydrogen-bond acceptors (Lipinski definition) is 2. The molecular weight excluding hydrogens is 258 g/mol. The van der Waals surface area contributed by atoms with E-state index in [-0.39, 0.29) is 5.54 Å². The molecule has 1 atom stereocenters. The highest BCUT2D eigenvalue weighted by Crippen LogP contribution is 2.34. The van der Waals surface area contributed by atoms with Crippen LogP contribution >= 0.6 is 0 Å². The maximum Gasteiger partial charge on any atom is 0.0624 e. The largest absolute Gasteiger partial charge is 0.321 e. The van der Waals surface area contributed by atoms with Crippen molar-refractivity contribution in [3.05, 3.63) is 52.8 Å². The maximum absolute atomic E-state index is 6.88. The van der Waals surface area contributed by atoms with Crippen molar-refractivity contribution in [2.75, 3.05) is 0 Å². The normalized spacial score (nSPS) is 21.9. The molecule has 1 heterocycles. The lowest BCUT2D eigenvalue weighted by Gasteiger charge is -2.30. The van der Waals surface area contributed by atoms with E-state index >= 15 is 0 Å². The van der Waals surface area contributed by atoms with E-state index in [1.807, 2.05) is 11.7 Å². The Bertz CT molecular complexity index is 629. The van der Waals surface area contributed by atoms with Crippen molar-refractivity contribution in [2.45, 2.75) is 51.0 Å². The van der Waals surface area contributed by atoms with Gasteiger partial charge in [0, 0.05) is 24.7 Å². The summed E-state index contributed by atoms with van der Waals surface area (Å²) in [5.41, 5.74) is 11.8. The average Bonchev–Trinajstić information content (AvgIpc) is 2.74. The quantitative estimate of drug-likeness (QED) is 0.880. The number of nitrogens with two attached hydrogens (primary N) is 1. The minimum Gasteiger partial charge on any atom is -0.321 e. The van der Waals surface area contributed by atoms with Crippen molar-refractivity contribution in [3.63, 3.8) is 0 Å². The summed E-state index contributed by atoms with van der Waals surface area (Å²) < 4.78 is 2.00. The Balaban J connectivity index is 1.97. The third kappa shape index (κ3) is 2.75.